The third kappa shape index (κ3) is 5.73. The van der Waals surface area contributed by atoms with Crippen molar-refractivity contribution >= 4 is 6.72 Å². The van der Waals surface area contributed by atoms with E-state index >= 15 is 0 Å². The molecule has 0 N–H and O–H groups in total. The van der Waals surface area contributed by atoms with Gasteiger partial charge in [0, 0.05) is 5.92 Å². The molecule has 1 saturated carbocycles. The van der Waals surface area contributed by atoms with Crippen molar-refractivity contribution in [3.63, 3.8) is 0 Å². The van der Waals surface area contributed by atoms with Crippen LogP contribution >= 0.6 is 0 Å². The van der Waals surface area contributed by atoms with Crippen LogP contribution in [0.3, 0.4) is 0 Å². The van der Waals surface area contributed by atoms with Crippen molar-refractivity contribution in [3.05, 3.63) is 41.5 Å². The molecule has 3 heteroatoms. The van der Waals surface area contributed by atoms with E-state index in [1.807, 2.05) is 25.1 Å². The second kappa shape index (κ2) is 9.04. The van der Waals surface area contributed by atoms with E-state index in [0.717, 1.165) is 11.5 Å². The molecule has 2 rings (SSSR count). The molecule has 1 aromatic carbocycles. The summed E-state index contributed by atoms with van der Waals surface area (Å²) in [7, 11) is 1.59. The summed E-state index contributed by atoms with van der Waals surface area (Å²) in [6, 6.07) is 7.52. The molecule has 2 atom stereocenters. The number of ether oxygens (including phenoxy) is 1. The van der Waals surface area contributed by atoms with Crippen LogP contribution in [0.4, 0.5) is 0 Å². The lowest BCUT2D eigenvalue weighted by molar-refractivity contribution is 0.413. The molecule has 1 aromatic rings. The summed E-state index contributed by atoms with van der Waals surface area (Å²) in [6.07, 6.45) is 7.04. The molecule has 0 heterocycles. The summed E-state index contributed by atoms with van der Waals surface area (Å²) in [5.41, 5.74) is 1.53. The Kier molecular flexibility index (Phi) is 7.39. The molecule has 0 spiro atoms. The van der Waals surface area contributed by atoms with Gasteiger partial charge in [0.05, 0.1) is 24.8 Å². The maximum Gasteiger partial charge on any atom is 0.120 e. The second-order valence-electron chi connectivity index (χ2n) is 5.80. The largest absolute Gasteiger partial charge is 0.497 e. The number of aliphatic imine (C=N–C) groups is 1. The summed E-state index contributed by atoms with van der Waals surface area (Å²) in [5, 5.41) is 9.01. The predicted molar refractivity (Wildman–Crippen MR) is 92.4 cm³/mol. The quantitative estimate of drug-likeness (QED) is 0.571. The van der Waals surface area contributed by atoms with Crippen molar-refractivity contribution in [3.8, 4) is 11.8 Å². The van der Waals surface area contributed by atoms with Gasteiger partial charge in [-0.05, 0) is 43.3 Å². The highest BCUT2D eigenvalue weighted by Crippen LogP contribution is 2.30. The molecule has 22 heavy (non-hydrogen) atoms. The number of methoxy groups -OCH3 is 1. The zero-order chi connectivity index (χ0) is 16.5. The molecule has 1 aliphatic rings. The summed E-state index contributed by atoms with van der Waals surface area (Å²) < 4.78 is 5.20. The highest BCUT2D eigenvalue weighted by molar-refractivity contribution is 5.43. The summed E-state index contributed by atoms with van der Waals surface area (Å²) in [4.78, 5) is 4.16. The topological polar surface area (TPSA) is 45.4 Å². The van der Waals surface area contributed by atoms with Crippen LogP contribution in [0.1, 0.15) is 50.8 Å². The second-order valence-corrected chi connectivity index (χ2v) is 5.80. The fourth-order valence-electron chi connectivity index (χ4n) is 2.13. The number of allylic oxidation sites excluding steroid dienone is 1. The van der Waals surface area contributed by atoms with E-state index in [9.17, 15) is 0 Å². The molecule has 0 bridgehead atoms. The van der Waals surface area contributed by atoms with Crippen molar-refractivity contribution in [1.29, 1.82) is 5.26 Å². The van der Waals surface area contributed by atoms with Gasteiger partial charge in [-0.2, -0.15) is 5.26 Å². The van der Waals surface area contributed by atoms with E-state index in [4.69, 9.17) is 10.00 Å². The van der Waals surface area contributed by atoms with Crippen LogP contribution in [0, 0.1) is 23.2 Å². The number of benzene rings is 1. The predicted octanol–water partition coefficient (Wildman–Crippen LogP) is 4.94. The van der Waals surface area contributed by atoms with Gasteiger partial charge in [-0.25, -0.2) is 0 Å². The van der Waals surface area contributed by atoms with Crippen molar-refractivity contribution in [2.75, 3.05) is 7.11 Å². The van der Waals surface area contributed by atoms with E-state index in [1.54, 1.807) is 13.2 Å². The minimum Gasteiger partial charge on any atom is -0.497 e. The van der Waals surface area contributed by atoms with Gasteiger partial charge in [-0.1, -0.05) is 38.8 Å². The first-order chi connectivity index (χ1) is 10.5. The molecule has 1 fully saturated rings. The molecule has 0 aromatic heterocycles. The molecule has 0 saturated heterocycles. The molecule has 0 aliphatic heterocycles. The van der Waals surface area contributed by atoms with Crippen molar-refractivity contribution < 1.29 is 4.74 Å². The van der Waals surface area contributed by atoms with E-state index < -0.39 is 0 Å². The molecule has 0 amide bonds. The highest BCUT2D eigenvalue weighted by Gasteiger charge is 2.16. The van der Waals surface area contributed by atoms with Crippen LogP contribution in [0.5, 0.6) is 5.75 Å². The Balaban J connectivity index is 0.000000519. The van der Waals surface area contributed by atoms with Gasteiger partial charge in [-0.3, -0.25) is 4.99 Å². The Morgan fingerprint density at radius 3 is 2.45 bits per heavy atom. The number of nitriles is 1. The Morgan fingerprint density at radius 2 is 2.05 bits per heavy atom. The average Bonchev–Trinajstić information content (AvgIpc) is 3.30. The lowest BCUT2D eigenvalue weighted by Gasteiger charge is -2.18. The van der Waals surface area contributed by atoms with Gasteiger partial charge in [0.15, 0.2) is 0 Å². The molecular formula is C19H26N2O. The van der Waals surface area contributed by atoms with Crippen LogP contribution < -0.4 is 4.74 Å². The van der Waals surface area contributed by atoms with Gasteiger partial charge in [0.1, 0.15) is 5.75 Å². The zero-order valence-electron chi connectivity index (χ0n) is 14.0. The Labute approximate surface area is 134 Å². The normalized spacial score (nSPS) is 16.1. The Bertz CT molecular complexity index is 553. The first kappa shape index (κ1) is 18.0. The fourth-order valence-corrected chi connectivity index (χ4v) is 2.13. The van der Waals surface area contributed by atoms with Crippen LogP contribution in [0.15, 0.2) is 35.3 Å². The lowest BCUT2D eigenvalue weighted by Crippen LogP contribution is -2.05. The monoisotopic (exact) mass is 298 g/mol. The van der Waals surface area contributed by atoms with Gasteiger partial charge in [0.25, 0.3) is 0 Å². The van der Waals surface area contributed by atoms with Gasteiger partial charge >= 0.3 is 0 Å². The van der Waals surface area contributed by atoms with Crippen molar-refractivity contribution in [2.24, 2.45) is 16.8 Å². The molecule has 118 valence electrons. The summed E-state index contributed by atoms with van der Waals surface area (Å²) in [5.74, 6) is 1.98. The first-order valence-electron chi connectivity index (χ1n) is 7.73. The molecular weight excluding hydrogens is 272 g/mol. The zero-order valence-corrected chi connectivity index (χ0v) is 14.0. The Morgan fingerprint density at radius 1 is 1.41 bits per heavy atom. The number of hydrogen-bond acceptors (Lipinski definition) is 3. The average molecular weight is 298 g/mol. The molecule has 2 unspecified atom stereocenters. The van der Waals surface area contributed by atoms with E-state index in [1.165, 1.54) is 12.8 Å². The minimum absolute atomic E-state index is 0.0663. The third-order valence-corrected chi connectivity index (χ3v) is 3.69. The van der Waals surface area contributed by atoms with Crippen molar-refractivity contribution in [2.45, 2.75) is 39.7 Å². The summed E-state index contributed by atoms with van der Waals surface area (Å²) >= 11 is 0. The first-order valence-corrected chi connectivity index (χ1v) is 7.73. The van der Waals surface area contributed by atoms with Crippen LogP contribution in [-0.2, 0) is 0 Å². The van der Waals surface area contributed by atoms with E-state index in [2.05, 4.69) is 37.7 Å². The number of rotatable bonds is 5. The van der Waals surface area contributed by atoms with E-state index in [0.29, 0.717) is 11.3 Å². The fraction of sp³-hybridized carbons (Fsp3) is 0.474. The smallest absolute Gasteiger partial charge is 0.120 e. The molecule has 1 aliphatic carbocycles. The van der Waals surface area contributed by atoms with Gasteiger partial charge in [0.2, 0.25) is 0 Å². The Hall–Kier alpha value is -2.08. The maximum absolute atomic E-state index is 9.01. The van der Waals surface area contributed by atoms with Crippen LogP contribution in [0.25, 0.3) is 0 Å². The number of nitrogens with zero attached hydrogens (tertiary/aromatic N) is 2. The maximum atomic E-state index is 9.01. The van der Waals surface area contributed by atoms with Crippen LogP contribution in [0.2, 0.25) is 0 Å². The lowest BCUT2D eigenvalue weighted by atomic mass is 9.93. The van der Waals surface area contributed by atoms with E-state index in [-0.39, 0.29) is 12.0 Å². The SMILES string of the molecule is C=NC(c1cc(C#N)cc(OC)c1)C(C)/C=C\C.CC1CC1. The highest BCUT2D eigenvalue weighted by atomic mass is 16.5. The third-order valence-electron chi connectivity index (χ3n) is 3.69. The summed E-state index contributed by atoms with van der Waals surface area (Å²) in [6.45, 7) is 9.97. The van der Waals surface area contributed by atoms with Crippen molar-refractivity contribution in [1.82, 2.24) is 0 Å². The van der Waals surface area contributed by atoms with Crippen LogP contribution in [-0.4, -0.2) is 13.8 Å². The van der Waals surface area contributed by atoms with Gasteiger partial charge in [-0.15, -0.1) is 0 Å². The number of hydrogen-bond donors (Lipinski definition) is 0. The molecule has 0 radical (unpaired) electrons. The molecule has 3 nitrogen and oxygen atoms in total. The van der Waals surface area contributed by atoms with Gasteiger partial charge < -0.3 is 4.74 Å². The standard InChI is InChI=1S/C15H18N2O.C4H8/c1-5-6-11(2)15(17-3)13-7-12(10-16)8-14(9-13)18-4;1-4-2-3-4/h5-9,11,15H,3H2,1-2,4H3;4H,2-3H2,1H3/b6-5-;. The minimum atomic E-state index is -0.0663.